The minimum absolute atomic E-state index is 0.0104. The number of benzene rings is 2. The SMILES string of the molecule is COC(=O)c1cc(-c2ccc(Cl)c(C(=O)O)c2)ccc1Cl. The van der Waals surface area contributed by atoms with Crippen molar-refractivity contribution in [1.29, 1.82) is 0 Å². The van der Waals surface area contributed by atoms with Gasteiger partial charge >= 0.3 is 11.9 Å². The molecule has 0 heterocycles. The zero-order chi connectivity index (χ0) is 15.6. The van der Waals surface area contributed by atoms with Crippen LogP contribution < -0.4 is 0 Å². The van der Waals surface area contributed by atoms with Gasteiger partial charge in [-0.2, -0.15) is 0 Å². The van der Waals surface area contributed by atoms with Crippen molar-refractivity contribution in [3.63, 3.8) is 0 Å². The number of carboxylic acid groups (broad SMARTS) is 1. The molecule has 2 aromatic carbocycles. The summed E-state index contributed by atoms with van der Waals surface area (Å²) < 4.78 is 4.65. The van der Waals surface area contributed by atoms with E-state index in [1.54, 1.807) is 24.3 Å². The van der Waals surface area contributed by atoms with Crippen molar-refractivity contribution in [1.82, 2.24) is 0 Å². The van der Waals surface area contributed by atoms with E-state index in [1.807, 2.05) is 0 Å². The number of rotatable bonds is 3. The highest BCUT2D eigenvalue weighted by atomic mass is 35.5. The highest BCUT2D eigenvalue weighted by Gasteiger charge is 2.14. The van der Waals surface area contributed by atoms with Crippen molar-refractivity contribution in [2.75, 3.05) is 7.11 Å². The number of ether oxygens (including phenoxy) is 1. The van der Waals surface area contributed by atoms with Gasteiger partial charge in [-0.3, -0.25) is 0 Å². The number of carboxylic acids is 1. The number of carbonyl (C=O) groups is 2. The molecule has 0 aliphatic rings. The molecule has 0 aliphatic heterocycles. The van der Waals surface area contributed by atoms with Crippen LogP contribution in [-0.2, 0) is 4.74 Å². The second-order valence-electron chi connectivity index (χ2n) is 4.19. The van der Waals surface area contributed by atoms with Crippen LogP contribution in [0.1, 0.15) is 20.7 Å². The Bertz CT molecular complexity index is 726. The molecule has 2 aromatic rings. The molecule has 0 spiro atoms. The summed E-state index contributed by atoms with van der Waals surface area (Å²) in [5.41, 5.74) is 1.45. The second kappa shape index (κ2) is 6.16. The fourth-order valence-electron chi connectivity index (χ4n) is 1.84. The van der Waals surface area contributed by atoms with E-state index in [0.717, 1.165) is 0 Å². The van der Waals surface area contributed by atoms with Gasteiger partial charge < -0.3 is 9.84 Å². The topological polar surface area (TPSA) is 63.6 Å². The molecule has 0 saturated carbocycles. The number of hydrogen-bond acceptors (Lipinski definition) is 3. The first-order chi connectivity index (χ1) is 9.93. The zero-order valence-electron chi connectivity index (χ0n) is 10.9. The van der Waals surface area contributed by atoms with Crippen molar-refractivity contribution in [3.8, 4) is 11.1 Å². The third kappa shape index (κ3) is 3.17. The van der Waals surface area contributed by atoms with E-state index >= 15 is 0 Å². The lowest BCUT2D eigenvalue weighted by Crippen LogP contribution is -2.02. The lowest BCUT2D eigenvalue weighted by molar-refractivity contribution is 0.0600. The van der Waals surface area contributed by atoms with Crippen LogP contribution in [0.3, 0.4) is 0 Å². The molecule has 1 N–H and O–H groups in total. The smallest absolute Gasteiger partial charge is 0.339 e. The molecule has 2 rings (SSSR count). The Balaban J connectivity index is 2.55. The van der Waals surface area contributed by atoms with Gasteiger partial charge in [0, 0.05) is 0 Å². The average Bonchev–Trinajstić information content (AvgIpc) is 2.47. The van der Waals surface area contributed by atoms with Gasteiger partial charge in [0.05, 0.1) is 28.3 Å². The maximum absolute atomic E-state index is 11.6. The lowest BCUT2D eigenvalue weighted by Gasteiger charge is -2.08. The molecule has 21 heavy (non-hydrogen) atoms. The predicted octanol–water partition coefficient (Wildman–Crippen LogP) is 4.15. The Morgan fingerprint density at radius 2 is 1.43 bits per heavy atom. The van der Waals surface area contributed by atoms with Gasteiger partial charge in [0.1, 0.15) is 0 Å². The Morgan fingerprint density at radius 1 is 0.952 bits per heavy atom. The van der Waals surface area contributed by atoms with Crippen molar-refractivity contribution < 1.29 is 19.4 Å². The molecule has 0 radical (unpaired) electrons. The largest absolute Gasteiger partial charge is 0.478 e. The quantitative estimate of drug-likeness (QED) is 0.861. The first kappa shape index (κ1) is 15.4. The molecule has 0 fully saturated rings. The van der Waals surface area contributed by atoms with E-state index < -0.39 is 11.9 Å². The molecular formula is C15H10Cl2O4. The Kier molecular flexibility index (Phi) is 4.50. The number of methoxy groups -OCH3 is 1. The highest BCUT2D eigenvalue weighted by Crippen LogP contribution is 2.28. The standard InChI is InChI=1S/C15H10Cl2O4/c1-21-15(20)11-7-9(3-5-13(11)17)8-2-4-12(16)10(6-8)14(18)19/h2-7H,1H3,(H,18,19). The first-order valence-electron chi connectivity index (χ1n) is 5.85. The summed E-state index contributed by atoms with van der Waals surface area (Å²) in [6.07, 6.45) is 0. The number of aromatic carboxylic acids is 1. The Labute approximate surface area is 130 Å². The number of carbonyl (C=O) groups excluding carboxylic acids is 1. The van der Waals surface area contributed by atoms with Crippen LogP contribution in [-0.4, -0.2) is 24.2 Å². The maximum Gasteiger partial charge on any atom is 0.339 e. The molecule has 0 saturated heterocycles. The molecule has 4 nitrogen and oxygen atoms in total. The minimum atomic E-state index is -1.12. The van der Waals surface area contributed by atoms with Gasteiger partial charge in [0.2, 0.25) is 0 Å². The molecule has 108 valence electrons. The maximum atomic E-state index is 11.6. The van der Waals surface area contributed by atoms with E-state index in [0.29, 0.717) is 11.1 Å². The van der Waals surface area contributed by atoms with E-state index in [-0.39, 0.29) is 21.2 Å². The summed E-state index contributed by atoms with van der Waals surface area (Å²) in [4.78, 5) is 22.7. The molecule has 0 aromatic heterocycles. The first-order valence-corrected chi connectivity index (χ1v) is 6.60. The van der Waals surface area contributed by atoms with E-state index in [9.17, 15) is 9.59 Å². The molecule has 0 bridgehead atoms. The average molecular weight is 325 g/mol. The van der Waals surface area contributed by atoms with Gasteiger partial charge in [0.15, 0.2) is 0 Å². The highest BCUT2D eigenvalue weighted by molar-refractivity contribution is 6.34. The normalized spacial score (nSPS) is 10.2. The fourth-order valence-corrected chi connectivity index (χ4v) is 2.23. The summed E-state index contributed by atoms with van der Waals surface area (Å²) in [5.74, 6) is -1.68. The minimum Gasteiger partial charge on any atom is -0.478 e. The van der Waals surface area contributed by atoms with Crippen LogP contribution in [0.15, 0.2) is 36.4 Å². The number of esters is 1. The third-order valence-electron chi connectivity index (χ3n) is 2.90. The van der Waals surface area contributed by atoms with Gasteiger partial charge in [-0.05, 0) is 35.4 Å². The Morgan fingerprint density at radius 3 is 1.90 bits per heavy atom. The van der Waals surface area contributed by atoms with Crippen LogP contribution in [0.25, 0.3) is 11.1 Å². The van der Waals surface area contributed by atoms with E-state index in [1.165, 1.54) is 19.2 Å². The van der Waals surface area contributed by atoms with Gasteiger partial charge in [-0.25, -0.2) is 9.59 Å². The zero-order valence-corrected chi connectivity index (χ0v) is 12.4. The number of hydrogen-bond donors (Lipinski definition) is 1. The molecule has 0 unspecified atom stereocenters. The summed E-state index contributed by atoms with van der Waals surface area (Å²) in [7, 11) is 1.26. The summed E-state index contributed by atoms with van der Waals surface area (Å²) in [6.45, 7) is 0. The summed E-state index contributed by atoms with van der Waals surface area (Å²) >= 11 is 11.8. The molecule has 0 atom stereocenters. The molecule has 0 aliphatic carbocycles. The van der Waals surface area contributed by atoms with Crippen molar-refractivity contribution in [3.05, 3.63) is 57.6 Å². The monoisotopic (exact) mass is 324 g/mol. The van der Waals surface area contributed by atoms with Gasteiger partial charge in [-0.1, -0.05) is 35.3 Å². The van der Waals surface area contributed by atoms with Crippen molar-refractivity contribution >= 4 is 35.1 Å². The van der Waals surface area contributed by atoms with Gasteiger partial charge in [-0.15, -0.1) is 0 Å². The van der Waals surface area contributed by atoms with E-state index in [2.05, 4.69) is 4.74 Å². The van der Waals surface area contributed by atoms with Crippen molar-refractivity contribution in [2.24, 2.45) is 0 Å². The van der Waals surface area contributed by atoms with Crippen LogP contribution in [0, 0.1) is 0 Å². The second-order valence-corrected chi connectivity index (χ2v) is 5.00. The lowest BCUT2D eigenvalue weighted by atomic mass is 10.0. The molecule has 0 amide bonds. The molecular weight excluding hydrogens is 315 g/mol. The predicted molar refractivity (Wildman–Crippen MR) is 80.2 cm³/mol. The van der Waals surface area contributed by atoms with Crippen LogP contribution in [0.4, 0.5) is 0 Å². The molecule has 6 heteroatoms. The van der Waals surface area contributed by atoms with Crippen LogP contribution in [0.5, 0.6) is 0 Å². The fraction of sp³-hybridized carbons (Fsp3) is 0.0667. The summed E-state index contributed by atoms with van der Waals surface area (Å²) in [6, 6.07) is 9.38. The van der Waals surface area contributed by atoms with Crippen LogP contribution in [0.2, 0.25) is 10.0 Å². The van der Waals surface area contributed by atoms with Crippen molar-refractivity contribution in [2.45, 2.75) is 0 Å². The van der Waals surface area contributed by atoms with E-state index in [4.69, 9.17) is 28.3 Å². The number of halogens is 2. The Hall–Kier alpha value is -2.04. The third-order valence-corrected chi connectivity index (χ3v) is 3.56. The van der Waals surface area contributed by atoms with Gasteiger partial charge in [0.25, 0.3) is 0 Å². The summed E-state index contributed by atoms with van der Waals surface area (Å²) in [5, 5.41) is 9.49. The van der Waals surface area contributed by atoms with Crippen LogP contribution >= 0.6 is 23.2 Å².